The average molecular weight is 378 g/mol. The van der Waals surface area contributed by atoms with E-state index in [1.165, 1.54) is 12.1 Å². The number of nitrogens with zero attached hydrogens (tertiary/aromatic N) is 1. The van der Waals surface area contributed by atoms with Crippen LogP contribution in [0.2, 0.25) is 0 Å². The van der Waals surface area contributed by atoms with E-state index in [2.05, 4.69) is 20.9 Å². The molecule has 1 aromatic rings. The maximum absolute atomic E-state index is 13.3. The highest BCUT2D eigenvalue weighted by Crippen LogP contribution is 2.18. The molecule has 1 aliphatic carbocycles. The maximum atomic E-state index is 13.3. The molecule has 1 amide bonds. The Balaban J connectivity index is 1.75. The minimum atomic E-state index is -0.313. The van der Waals surface area contributed by atoms with E-state index in [9.17, 15) is 9.18 Å². The van der Waals surface area contributed by atoms with Crippen LogP contribution in [-0.4, -0.2) is 43.6 Å². The molecule has 0 aliphatic heterocycles. The lowest BCUT2D eigenvalue weighted by atomic mass is 10.2. The lowest BCUT2D eigenvalue weighted by Crippen LogP contribution is -2.39. The van der Waals surface area contributed by atoms with E-state index in [4.69, 9.17) is 4.74 Å². The summed E-state index contributed by atoms with van der Waals surface area (Å²) in [6.07, 6.45) is 4.12. The highest BCUT2D eigenvalue weighted by molar-refractivity contribution is 5.80. The molecule has 3 N–H and O–H groups in total. The number of aliphatic imine (C=N–C) groups is 1. The zero-order chi connectivity index (χ0) is 19.5. The monoisotopic (exact) mass is 378 g/mol. The van der Waals surface area contributed by atoms with Crippen molar-refractivity contribution in [3.05, 3.63) is 30.1 Å². The van der Waals surface area contributed by atoms with E-state index >= 15 is 0 Å². The molecular weight excluding hydrogens is 347 g/mol. The van der Waals surface area contributed by atoms with Crippen molar-refractivity contribution in [3.63, 3.8) is 0 Å². The zero-order valence-corrected chi connectivity index (χ0v) is 16.3. The fourth-order valence-electron chi connectivity index (χ4n) is 2.50. The largest absolute Gasteiger partial charge is 0.488 e. The summed E-state index contributed by atoms with van der Waals surface area (Å²) in [5, 5.41) is 9.42. The number of hydrogen-bond donors (Lipinski definition) is 3. The van der Waals surface area contributed by atoms with Crippen LogP contribution >= 0.6 is 0 Å². The molecule has 0 heterocycles. The molecule has 1 atom stereocenters. The molecule has 7 heteroatoms. The number of rotatable bonds is 11. The summed E-state index contributed by atoms with van der Waals surface area (Å²) in [4.78, 5) is 16.2. The standard InChI is InChI=1S/C20H31FN4O2/c1-3-17(27-18-8-5-7-15(21)13-18)14-24-20(22-4-2)23-12-6-9-19(26)25-16-10-11-16/h5,7-8,13,16-17H,3-4,6,9-12,14H2,1-2H3,(H,25,26)(H2,22,23,24). The van der Waals surface area contributed by atoms with E-state index in [1.54, 1.807) is 12.1 Å². The summed E-state index contributed by atoms with van der Waals surface area (Å²) in [6.45, 7) is 5.89. The first-order valence-electron chi connectivity index (χ1n) is 9.84. The SMILES string of the molecule is CCNC(=NCC(CC)Oc1cccc(F)c1)NCCCC(=O)NC1CC1. The molecule has 6 nitrogen and oxygen atoms in total. The Bertz CT molecular complexity index is 620. The van der Waals surface area contributed by atoms with Gasteiger partial charge in [0.1, 0.15) is 17.7 Å². The molecule has 0 spiro atoms. The predicted octanol–water partition coefficient (Wildman–Crippen LogP) is 2.60. The Labute approximate surface area is 161 Å². The van der Waals surface area contributed by atoms with Crippen LogP contribution in [0.25, 0.3) is 0 Å². The number of nitrogens with one attached hydrogen (secondary N) is 3. The van der Waals surface area contributed by atoms with Gasteiger partial charge in [-0.2, -0.15) is 0 Å². The maximum Gasteiger partial charge on any atom is 0.220 e. The highest BCUT2D eigenvalue weighted by Gasteiger charge is 2.22. The first kappa shape index (κ1) is 21.0. The van der Waals surface area contributed by atoms with Crippen LogP contribution in [-0.2, 0) is 4.79 Å². The molecule has 0 radical (unpaired) electrons. The first-order valence-corrected chi connectivity index (χ1v) is 9.84. The van der Waals surface area contributed by atoms with Crippen molar-refractivity contribution in [1.29, 1.82) is 0 Å². The lowest BCUT2D eigenvalue weighted by molar-refractivity contribution is -0.121. The Morgan fingerprint density at radius 1 is 1.33 bits per heavy atom. The summed E-state index contributed by atoms with van der Waals surface area (Å²) in [5.74, 6) is 1.01. The van der Waals surface area contributed by atoms with Crippen LogP contribution in [0.3, 0.4) is 0 Å². The van der Waals surface area contributed by atoms with Gasteiger partial charge in [0.2, 0.25) is 5.91 Å². The van der Waals surface area contributed by atoms with E-state index < -0.39 is 0 Å². The molecule has 1 aromatic carbocycles. The highest BCUT2D eigenvalue weighted by atomic mass is 19.1. The molecule has 0 aromatic heterocycles. The molecular formula is C20H31FN4O2. The van der Waals surface area contributed by atoms with Crippen molar-refractivity contribution < 1.29 is 13.9 Å². The zero-order valence-electron chi connectivity index (χ0n) is 16.3. The quantitative estimate of drug-likeness (QED) is 0.314. The minimum Gasteiger partial charge on any atom is -0.488 e. The number of amides is 1. The predicted molar refractivity (Wildman–Crippen MR) is 105 cm³/mol. The van der Waals surface area contributed by atoms with E-state index in [0.717, 1.165) is 32.2 Å². The second kappa shape index (κ2) is 11.4. The lowest BCUT2D eigenvalue weighted by Gasteiger charge is -2.17. The van der Waals surface area contributed by atoms with Crippen molar-refractivity contribution >= 4 is 11.9 Å². The molecule has 150 valence electrons. The Morgan fingerprint density at radius 3 is 2.81 bits per heavy atom. The molecule has 1 saturated carbocycles. The summed E-state index contributed by atoms with van der Waals surface area (Å²) < 4.78 is 19.1. The molecule has 27 heavy (non-hydrogen) atoms. The summed E-state index contributed by atoms with van der Waals surface area (Å²) in [6, 6.07) is 6.55. The van der Waals surface area contributed by atoms with Gasteiger partial charge in [0.25, 0.3) is 0 Å². The summed E-state index contributed by atoms with van der Waals surface area (Å²) in [7, 11) is 0. The van der Waals surface area contributed by atoms with Gasteiger partial charge in [0.05, 0.1) is 6.54 Å². The number of carbonyl (C=O) groups is 1. The molecule has 0 saturated heterocycles. The minimum absolute atomic E-state index is 0.121. The molecule has 1 fully saturated rings. The van der Waals surface area contributed by atoms with E-state index in [-0.39, 0.29) is 17.8 Å². The molecule has 1 unspecified atom stereocenters. The number of halogens is 1. The Kier molecular flexibility index (Phi) is 8.87. The van der Waals surface area contributed by atoms with Crippen molar-refractivity contribution in [2.24, 2.45) is 4.99 Å². The Morgan fingerprint density at radius 2 is 2.15 bits per heavy atom. The van der Waals surface area contributed by atoms with Gasteiger partial charge in [0.15, 0.2) is 5.96 Å². The fourth-order valence-corrected chi connectivity index (χ4v) is 2.50. The smallest absolute Gasteiger partial charge is 0.220 e. The second-order valence-corrected chi connectivity index (χ2v) is 6.70. The van der Waals surface area contributed by atoms with Gasteiger partial charge in [-0.25, -0.2) is 9.38 Å². The molecule has 1 aliphatic rings. The van der Waals surface area contributed by atoms with E-state index in [0.29, 0.717) is 37.3 Å². The van der Waals surface area contributed by atoms with Crippen molar-refractivity contribution in [3.8, 4) is 5.75 Å². The van der Waals surface area contributed by atoms with Gasteiger partial charge < -0.3 is 20.7 Å². The van der Waals surface area contributed by atoms with Crippen LogP contribution in [0.4, 0.5) is 4.39 Å². The summed E-state index contributed by atoms with van der Waals surface area (Å²) in [5.41, 5.74) is 0. The number of guanidine groups is 1. The van der Waals surface area contributed by atoms with Gasteiger partial charge in [-0.3, -0.25) is 4.79 Å². The van der Waals surface area contributed by atoms with Crippen molar-refractivity contribution in [2.75, 3.05) is 19.6 Å². The fraction of sp³-hybridized carbons (Fsp3) is 0.600. The third-order valence-corrected chi connectivity index (χ3v) is 4.17. The van der Waals surface area contributed by atoms with E-state index in [1.807, 2.05) is 13.8 Å². The van der Waals surface area contributed by atoms with Crippen LogP contribution in [0, 0.1) is 5.82 Å². The summed E-state index contributed by atoms with van der Waals surface area (Å²) >= 11 is 0. The third kappa shape index (κ3) is 8.75. The van der Waals surface area contributed by atoms with Crippen LogP contribution < -0.4 is 20.7 Å². The van der Waals surface area contributed by atoms with Crippen LogP contribution in [0.5, 0.6) is 5.75 Å². The Hall–Kier alpha value is -2.31. The topological polar surface area (TPSA) is 74.8 Å². The second-order valence-electron chi connectivity index (χ2n) is 6.70. The number of hydrogen-bond acceptors (Lipinski definition) is 3. The third-order valence-electron chi connectivity index (χ3n) is 4.17. The van der Waals surface area contributed by atoms with Gasteiger partial charge in [0, 0.05) is 31.6 Å². The molecule has 2 rings (SSSR count). The number of ether oxygens (including phenoxy) is 1. The number of carbonyl (C=O) groups excluding carboxylic acids is 1. The van der Waals surface area contributed by atoms with Gasteiger partial charge in [-0.15, -0.1) is 0 Å². The first-order chi connectivity index (χ1) is 13.1. The average Bonchev–Trinajstić information content (AvgIpc) is 3.45. The van der Waals surface area contributed by atoms with Gasteiger partial charge in [-0.05, 0) is 44.7 Å². The van der Waals surface area contributed by atoms with Crippen LogP contribution in [0.15, 0.2) is 29.3 Å². The van der Waals surface area contributed by atoms with Gasteiger partial charge >= 0.3 is 0 Å². The van der Waals surface area contributed by atoms with Crippen LogP contribution in [0.1, 0.15) is 46.0 Å². The number of benzene rings is 1. The van der Waals surface area contributed by atoms with Gasteiger partial charge in [-0.1, -0.05) is 13.0 Å². The van der Waals surface area contributed by atoms with Crippen molar-refractivity contribution in [2.45, 2.75) is 58.1 Å². The normalized spacial score (nSPS) is 15.1. The molecule has 0 bridgehead atoms. The van der Waals surface area contributed by atoms with Crippen molar-refractivity contribution in [1.82, 2.24) is 16.0 Å².